The Morgan fingerprint density at radius 1 is 1.07 bits per heavy atom. The third kappa shape index (κ3) is 7.77. The maximum absolute atomic E-state index is 6.02. The van der Waals surface area contributed by atoms with Crippen molar-refractivity contribution < 1.29 is 9.47 Å². The van der Waals surface area contributed by atoms with Gasteiger partial charge >= 0.3 is 0 Å². The molecule has 2 unspecified atom stereocenters. The second-order valence-electron chi connectivity index (χ2n) is 4.19. The fourth-order valence-corrected chi connectivity index (χ4v) is 1.55. The standard InChI is InChI=1S/C12H27NO2/c1-5-7-11(13)12(6-2)15-9-8-14-10(3)4/h10-12H,5-9,13H2,1-4H3. The minimum Gasteiger partial charge on any atom is -0.376 e. The minimum absolute atomic E-state index is 0.166. The van der Waals surface area contributed by atoms with Gasteiger partial charge in [0, 0.05) is 6.04 Å². The van der Waals surface area contributed by atoms with E-state index in [-0.39, 0.29) is 18.2 Å². The van der Waals surface area contributed by atoms with Crippen molar-refractivity contribution in [3.63, 3.8) is 0 Å². The monoisotopic (exact) mass is 217 g/mol. The molecular formula is C12H27NO2. The van der Waals surface area contributed by atoms with E-state index in [9.17, 15) is 0 Å². The van der Waals surface area contributed by atoms with Crippen LogP contribution in [0.15, 0.2) is 0 Å². The maximum atomic E-state index is 6.02. The highest BCUT2D eigenvalue weighted by Gasteiger charge is 2.15. The minimum atomic E-state index is 0.166. The van der Waals surface area contributed by atoms with E-state index in [4.69, 9.17) is 15.2 Å². The van der Waals surface area contributed by atoms with E-state index in [1.54, 1.807) is 0 Å². The lowest BCUT2D eigenvalue weighted by Gasteiger charge is -2.22. The van der Waals surface area contributed by atoms with E-state index >= 15 is 0 Å². The second kappa shape index (κ2) is 9.13. The first kappa shape index (κ1) is 14.9. The summed E-state index contributed by atoms with van der Waals surface area (Å²) < 4.78 is 11.1. The quantitative estimate of drug-likeness (QED) is 0.603. The van der Waals surface area contributed by atoms with Crippen molar-refractivity contribution in [3.05, 3.63) is 0 Å². The summed E-state index contributed by atoms with van der Waals surface area (Å²) >= 11 is 0. The van der Waals surface area contributed by atoms with Gasteiger partial charge in [0.1, 0.15) is 0 Å². The third-order valence-electron chi connectivity index (χ3n) is 2.37. The molecule has 0 aromatic rings. The predicted molar refractivity (Wildman–Crippen MR) is 64.0 cm³/mol. The van der Waals surface area contributed by atoms with E-state index in [1.807, 2.05) is 13.8 Å². The summed E-state index contributed by atoms with van der Waals surface area (Å²) in [7, 11) is 0. The van der Waals surface area contributed by atoms with Crippen molar-refractivity contribution in [2.45, 2.75) is 65.2 Å². The SMILES string of the molecule is CCCC(N)C(CC)OCCOC(C)C. The molecule has 92 valence electrons. The largest absolute Gasteiger partial charge is 0.376 e. The van der Waals surface area contributed by atoms with Crippen LogP contribution in [0.1, 0.15) is 47.0 Å². The highest BCUT2D eigenvalue weighted by molar-refractivity contribution is 4.71. The molecule has 0 aromatic carbocycles. The summed E-state index contributed by atoms with van der Waals surface area (Å²) in [6.45, 7) is 9.62. The van der Waals surface area contributed by atoms with E-state index in [0.717, 1.165) is 19.3 Å². The fraction of sp³-hybridized carbons (Fsp3) is 1.00. The van der Waals surface area contributed by atoms with Crippen molar-refractivity contribution in [1.29, 1.82) is 0 Å². The van der Waals surface area contributed by atoms with E-state index in [0.29, 0.717) is 13.2 Å². The highest BCUT2D eigenvalue weighted by Crippen LogP contribution is 2.07. The first-order valence-electron chi connectivity index (χ1n) is 6.10. The Morgan fingerprint density at radius 2 is 1.67 bits per heavy atom. The molecule has 0 rings (SSSR count). The molecule has 3 heteroatoms. The Hall–Kier alpha value is -0.120. The van der Waals surface area contributed by atoms with Crippen molar-refractivity contribution in [2.75, 3.05) is 13.2 Å². The zero-order chi connectivity index (χ0) is 11.7. The first-order valence-corrected chi connectivity index (χ1v) is 6.10. The summed E-state index contributed by atoms with van der Waals surface area (Å²) in [5, 5.41) is 0. The molecule has 0 aromatic heterocycles. The van der Waals surface area contributed by atoms with Crippen LogP contribution in [-0.2, 0) is 9.47 Å². The van der Waals surface area contributed by atoms with Gasteiger partial charge in [0.15, 0.2) is 0 Å². The molecule has 0 amide bonds. The Kier molecular flexibility index (Phi) is 9.06. The molecule has 0 fully saturated rings. The highest BCUT2D eigenvalue weighted by atomic mass is 16.5. The van der Waals surface area contributed by atoms with Crippen molar-refractivity contribution in [3.8, 4) is 0 Å². The number of hydrogen-bond acceptors (Lipinski definition) is 3. The number of rotatable bonds is 9. The fourth-order valence-electron chi connectivity index (χ4n) is 1.55. The van der Waals surface area contributed by atoms with Crippen LogP contribution in [0.4, 0.5) is 0 Å². The van der Waals surface area contributed by atoms with Gasteiger partial charge in [-0.1, -0.05) is 20.3 Å². The van der Waals surface area contributed by atoms with E-state index in [1.165, 1.54) is 0 Å². The van der Waals surface area contributed by atoms with Crippen LogP contribution in [0, 0.1) is 0 Å². The molecule has 0 radical (unpaired) electrons. The lowest BCUT2D eigenvalue weighted by Crippen LogP contribution is -2.37. The lowest BCUT2D eigenvalue weighted by atomic mass is 10.1. The molecule has 2 N–H and O–H groups in total. The maximum Gasteiger partial charge on any atom is 0.0724 e. The topological polar surface area (TPSA) is 44.5 Å². The second-order valence-corrected chi connectivity index (χ2v) is 4.19. The Bertz CT molecular complexity index is 140. The average Bonchev–Trinajstić information content (AvgIpc) is 2.17. The van der Waals surface area contributed by atoms with Crippen LogP contribution in [0.25, 0.3) is 0 Å². The summed E-state index contributed by atoms with van der Waals surface area (Å²) in [6, 6.07) is 0.166. The van der Waals surface area contributed by atoms with Gasteiger partial charge in [0.25, 0.3) is 0 Å². The molecule has 0 aliphatic rings. The first-order chi connectivity index (χ1) is 7.11. The lowest BCUT2D eigenvalue weighted by molar-refractivity contribution is -0.0228. The molecular weight excluding hydrogens is 190 g/mol. The van der Waals surface area contributed by atoms with Crippen molar-refractivity contribution in [2.24, 2.45) is 5.73 Å². The molecule has 0 heterocycles. The molecule has 3 nitrogen and oxygen atoms in total. The van der Waals surface area contributed by atoms with Gasteiger partial charge in [-0.3, -0.25) is 0 Å². The normalized spacial score (nSPS) is 15.6. The van der Waals surface area contributed by atoms with Crippen LogP contribution in [0.2, 0.25) is 0 Å². The zero-order valence-corrected chi connectivity index (χ0v) is 10.7. The third-order valence-corrected chi connectivity index (χ3v) is 2.37. The molecule has 0 aliphatic heterocycles. The van der Waals surface area contributed by atoms with Crippen LogP contribution < -0.4 is 5.73 Å². The van der Waals surface area contributed by atoms with E-state index < -0.39 is 0 Å². The van der Waals surface area contributed by atoms with E-state index in [2.05, 4.69) is 13.8 Å². The molecule has 0 saturated heterocycles. The zero-order valence-electron chi connectivity index (χ0n) is 10.7. The molecule has 0 spiro atoms. The summed E-state index contributed by atoms with van der Waals surface area (Å²) in [4.78, 5) is 0. The summed E-state index contributed by atoms with van der Waals surface area (Å²) in [5.74, 6) is 0. The Balaban J connectivity index is 3.60. The number of hydrogen-bond donors (Lipinski definition) is 1. The Labute approximate surface area is 94.3 Å². The number of nitrogens with two attached hydrogens (primary N) is 1. The van der Waals surface area contributed by atoms with Crippen molar-refractivity contribution in [1.82, 2.24) is 0 Å². The van der Waals surface area contributed by atoms with Gasteiger partial charge in [0.05, 0.1) is 25.4 Å². The molecule has 0 saturated carbocycles. The van der Waals surface area contributed by atoms with Gasteiger partial charge in [-0.05, 0) is 26.7 Å². The van der Waals surface area contributed by atoms with Gasteiger partial charge in [-0.25, -0.2) is 0 Å². The molecule has 2 atom stereocenters. The van der Waals surface area contributed by atoms with Crippen LogP contribution in [0.3, 0.4) is 0 Å². The predicted octanol–water partition coefficient (Wildman–Crippen LogP) is 2.33. The molecule has 0 bridgehead atoms. The van der Waals surface area contributed by atoms with Gasteiger partial charge in [-0.2, -0.15) is 0 Å². The summed E-state index contributed by atoms with van der Waals surface area (Å²) in [6.07, 6.45) is 3.58. The average molecular weight is 217 g/mol. The Morgan fingerprint density at radius 3 is 2.13 bits per heavy atom. The van der Waals surface area contributed by atoms with Crippen molar-refractivity contribution >= 4 is 0 Å². The van der Waals surface area contributed by atoms with Gasteiger partial charge in [-0.15, -0.1) is 0 Å². The van der Waals surface area contributed by atoms with Crippen LogP contribution in [0.5, 0.6) is 0 Å². The number of ether oxygens (including phenoxy) is 2. The molecule has 15 heavy (non-hydrogen) atoms. The van der Waals surface area contributed by atoms with Gasteiger partial charge < -0.3 is 15.2 Å². The molecule has 0 aliphatic carbocycles. The smallest absolute Gasteiger partial charge is 0.0724 e. The summed E-state index contributed by atoms with van der Waals surface area (Å²) in [5.41, 5.74) is 6.02. The van der Waals surface area contributed by atoms with Crippen LogP contribution >= 0.6 is 0 Å². The van der Waals surface area contributed by atoms with Crippen LogP contribution in [-0.4, -0.2) is 31.5 Å². The van der Waals surface area contributed by atoms with Gasteiger partial charge in [0.2, 0.25) is 0 Å².